The van der Waals surface area contributed by atoms with Crippen LogP contribution in [0.3, 0.4) is 0 Å². The molecule has 3 aromatic rings. The molecule has 3 rings (SSSR count). The number of H-pyrrole nitrogens is 1. The first-order chi connectivity index (χ1) is 11.1. The fraction of sp³-hybridized carbons (Fsp3) is 0.176. The summed E-state index contributed by atoms with van der Waals surface area (Å²) in [6, 6.07) is 15.5. The smallest absolute Gasteiger partial charge is 0.221 e. The first-order valence-electron chi connectivity index (χ1n) is 7.32. The summed E-state index contributed by atoms with van der Waals surface area (Å²) in [5.41, 5.74) is 0.737. The van der Waals surface area contributed by atoms with E-state index in [2.05, 4.69) is 10.3 Å². The van der Waals surface area contributed by atoms with Crippen molar-refractivity contribution in [3.05, 3.63) is 54.6 Å². The third-order valence-electron chi connectivity index (χ3n) is 3.55. The highest BCUT2D eigenvalue weighted by atomic mass is 35.5. The van der Waals surface area contributed by atoms with Crippen molar-refractivity contribution in [1.29, 1.82) is 0 Å². The van der Waals surface area contributed by atoms with Crippen LogP contribution in [0.5, 0.6) is 5.75 Å². The summed E-state index contributed by atoms with van der Waals surface area (Å²) in [5.74, 6) is 0.670. The fourth-order valence-corrected chi connectivity index (χ4v) is 3.65. The van der Waals surface area contributed by atoms with Crippen molar-refractivity contribution in [2.24, 2.45) is 0 Å². The van der Waals surface area contributed by atoms with Gasteiger partial charge in [-0.1, -0.05) is 24.3 Å². The first-order valence-corrected chi connectivity index (χ1v) is 8.80. The van der Waals surface area contributed by atoms with Crippen LogP contribution in [0, 0.1) is 0 Å². The van der Waals surface area contributed by atoms with Gasteiger partial charge in [0.1, 0.15) is 17.4 Å². The molecule has 128 valence electrons. The van der Waals surface area contributed by atoms with Gasteiger partial charge in [0, 0.05) is 11.9 Å². The Morgan fingerprint density at radius 2 is 1.83 bits per heavy atom. The number of rotatable bonds is 6. The SMILES string of the molecule is CNCCOc1cccc2[nH]c(S(=O)(=O)c3ccccc3)cc12.Cl. The molecule has 0 aliphatic carbocycles. The van der Waals surface area contributed by atoms with E-state index >= 15 is 0 Å². The largest absolute Gasteiger partial charge is 0.492 e. The number of aromatic amines is 1. The summed E-state index contributed by atoms with van der Waals surface area (Å²) in [7, 11) is -1.71. The average Bonchev–Trinajstić information content (AvgIpc) is 3.02. The number of nitrogens with one attached hydrogen (secondary N) is 2. The maximum Gasteiger partial charge on any atom is 0.221 e. The lowest BCUT2D eigenvalue weighted by atomic mass is 10.2. The van der Waals surface area contributed by atoms with Crippen molar-refractivity contribution in [2.45, 2.75) is 9.92 Å². The normalized spacial score (nSPS) is 11.2. The van der Waals surface area contributed by atoms with Crippen LogP contribution in [-0.4, -0.2) is 33.6 Å². The Labute approximate surface area is 147 Å². The Morgan fingerprint density at radius 3 is 2.54 bits per heavy atom. The highest BCUT2D eigenvalue weighted by Crippen LogP contribution is 2.30. The van der Waals surface area contributed by atoms with Gasteiger partial charge < -0.3 is 15.0 Å². The van der Waals surface area contributed by atoms with Gasteiger partial charge in [-0.15, -0.1) is 12.4 Å². The van der Waals surface area contributed by atoms with E-state index < -0.39 is 9.84 Å². The van der Waals surface area contributed by atoms with Gasteiger partial charge in [0.25, 0.3) is 0 Å². The lowest BCUT2D eigenvalue weighted by Crippen LogP contribution is -2.15. The summed E-state index contributed by atoms with van der Waals surface area (Å²) in [6.07, 6.45) is 0. The van der Waals surface area contributed by atoms with E-state index in [0.29, 0.717) is 12.4 Å². The van der Waals surface area contributed by atoms with Gasteiger partial charge in [0.2, 0.25) is 9.84 Å². The maximum absolute atomic E-state index is 12.7. The van der Waals surface area contributed by atoms with Crippen LogP contribution in [-0.2, 0) is 9.84 Å². The van der Waals surface area contributed by atoms with Gasteiger partial charge in [0.05, 0.1) is 10.4 Å². The molecule has 0 atom stereocenters. The molecule has 1 aromatic heterocycles. The first kappa shape index (κ1) is 18.3. The van der Waals surface area contributed by atoms with E-state index in [1.165, 1.54) is 0 Å². The van der Waals surface area contributed by atoms with Crippen LogP contribution < -0.4 is 10.1 Å². The lowest BCUT2D eigenvalue weighted by Gasteiger charge is -2.06. The minimum Gasteiger partial charge on any atom is -0.492 e. The number of ether oxygens (including phenoxy) is 1. The van der Waals surface area contributed by atoms with Gasteiger partial charge in [-0.3, -0.25) is 0 Å². The number of halogens is 1. The molecular formula is C17H19ClN2O3S. The zero-order chi connectivity index (χ0) is 16.3. The third kappa shape index (κ3) is 3.56. The van der Waals surface area contributed by atoms with Gasteiger partial charge in [-0.2, -0.15) is 0 Å². The van der Waals surface area contributed by atoms with Crippen LogP contribution in [0.15, 0.2) is 64.5 Å². The molecule has 1 heterocycles. The Bertz CT molecular complexity index is 908. The zero-order valence-corrected chi connectivity index (χ0v) is 14.8. The van der Waals surface area contributed by atoms with Crippen molar-refractivity contribution in [3.8, 4) is 5.75 Å². The van der Waals surface area contributed by atoms with Crippen LogP contribution >= 0.6 is 12.4 Å². The number of fused-ring (bicyclic) bond motifs is 1. The van der Waals surface area contributed by atoms with Crippen molar-refractivity contribution in [3.63, 3.8) is 0 Å². The molecule has 0 saturated heterocycles. The van der Waals surface area contributed by atoms with E-state index in [4.69, 9.17) is 4.74 Å². The van der Waals surface area contributed by atoms with Crippen molar-refractivity contribution in [2.75, 3.05) is 20.2 Å². The molecule has 7 heteroatoms. The van der Waals surface area contributed by atoms with Crippen molar-refractivity contribution < 1.29 is 13.2 Å². The molecule has 0 radical (unpaired) electrons. The molecule has 24 heavy (non-hydrogen) atoms. The number of hydrogen-bond acceptors (Lipinski definition) is 4. The quantitative estimate of drug-likeness (QED) is 0.658. The second kappa shape index (κ2) is 7.70. The van der Waals surface area contributed by atoms with Gasteiger partial charge in [0.15, 0.2) is 0 Å². The summed E-state index contributed by atoms with van der Waals surface area (Å²) in [6.45, 7) is 1.23. The number of hydrogen-bond donors (Lipinski definition) is 2. The van der Waals surface area contributed by atoms with Gasteiger partial charge in [-0.05, 0) is 37.4 Å². The maximum atomic E-state index is 12.7. The van der Waals surface area contributed by atoms with Gasteiger partial charge >= 0.3 is 0 Å². The van der Waals surface area contributed by atoms with E-state index in [0.717, 1.165) is 17.4 Å². The number of sulfone groups is 1. The number of aromatic nitrogens is 1. The molecule has 0 saturated carbocycles. The number of likely N-dealkylation sites (N-methyl/N-ethyl adjacent to an activating group) is 1. The molecule has 0 aliphatic rings. The summed E-state index contributed by atoms with van der Waals surface area (Å²) < 4.78 is 31.1. The molecule has 0 unspecified atom stereocenters. The Balaban J connectivity index is 0.00000208. The molecule has 0 amide bonds. The Morgan fingerprint density at radius 1 is 1.08 bits per heavy atom. The van der Waals surface area contributed by atoms with E-state index in [1.54, 1.807) is 36.4 Å². The molecule has 0 spiro atoms. The molecule has 2 N–H and O–H groups in total. The highest BCUT2D eigenvalue weighted by molar-refractivity contribution is 7.91. The molecule has 0 aliphatic heterocycles. The van der Waals surface area contributed by atoms with Crippen LogP contribution in [0.1, 0.15) is 0 Å². The molecule has 2 aromatic carbocycles. The Kier molecular flexibility index (Phi) is 5.88. The highest BCUT2D eigenvalue weighted by Gasteiger charge is 2.20. The fourth-order valence-electron chi connectivity index (χ4n) is 2.36. The second-order valence-electron chi connectivity index (χ2n) is 5.12. The Hall–Kier alpha value is -2.02. The van der Waals surface area contributed by atoms with E-state index in [9.17, 15) is 8.42 Å². The summed E-state index contributed by atoms with van der Waals surface area (Å²) in [4.78, 5) is 3.25. The summed E-state index contributed by atoms with van der Waals surface area (Å²) in [5, 5.41) is 3.94. The molecule has 5 nitrogen and oxygen atoms in total. The predicted molar refractivity (Wildman–Crippen MR) is 96.9 cm³/mol. The lowest BCUT2D eigenvalue weighted by molar-refractivity contribution is 0.322. The molecule has 0 fully saturated rings. The van der Waals surface area contributed by atoms with Crippen LogP contribution in [0.2, 0.25) is 0 Å². The van der Waals surface area contributed by atoms with Crippen LogP contribution in [0.4, 0.5) is 0 Å². The van der Waals surface area contributed by atoms with Crippen LogP contribution in [0.25, 0.3) is 10.9 Å². The second-order valence-corrected chi connectivity index (χ2v) is 7.04. The van der Waals surface area contributed by atoms with E-state index in [-0.39, 0.29) is 22.3 Å². The number of benzene rings is 2. The van der Waals surface area contributed by atoms with Crippen molar-refractivity contribution in [1.82, 2.24) is 10.3 Å². The minimum atomic E-state index is -3.57. The molecular weight excluding hydrogens is 348 g/mol. The van der Waals surface area contributed by atoms with E-state index in [1.807, 2.05) is 25.2 Å². The zero-order valence-electron chi connectivity index (χ0n) is 13.2. The van der Waals surface area contributed by atoms with Crippen molar-refractivity contribution >= 4 is 33.1 Å². The summed E-state index contributed by atoms with van der Waals surface area (Å²) >= 11 is 0. The standard InChI is InChI=1S/C17H18N2O3S.ClH/c1-18-10-11-22-16-9-5-8-15-14(16)12-17(19-15)23(20,21)13-6-3-2-4-7-13;/h2-9,12,18-19H,10-11H2,1H3;1H. The molecule has 0 bridgehead atoms. The topological polar surface area (TPSA) is 71.2 Å². The minimum absolute atomic E-state index is 0. The average molecular weight is 367 g/mol. The van der Waals surface area contributed by atoms with Gasteiger partial charge in [-0.25, -0.2) is 8.42 Å². The third-order valence-corrected chi connectivity index (χ3v) is 5.24. The monoisotopic (exact) mass is 366 g/mol. The predicted octanol–water partition coefficient (Wildman–Crippen LogP) is 3.02.